The van der Waals surface area contributed by atoms with E-state index in [4.69, 9.17) is 17.3 Å². The summed E-state index contributed by atoms with van der Waals surface area (Å²) in [6.45, 7) is 0. The van der Waals surface area contributed by atoms with Gasteiger partial charge >= 0.3 is 0 Å². The van der Waals surface area contributed by atoms with E-state index in [2.05, 4.69) is 10.4 Å². The van der Waals surface area contributed by atoms with Gasteiger partial charge in [-0.15, -0.1) is 0 Å². The fourth-order valence-electron chi connectivity index (χ4n) is 1.35. The molecule has 0 spiro atoms. The number of carbonyl (C=O) groups is 1. The number of hydrogen-bond donors (Lipinski definition) is 2. The average molecular weight is 251 g/mol. The van der Waals surface area contributed by atoms with Crippen molar-refractivity contribution < 1.29 is 4.79 Å². The minimum atomic E-state index is -0.254. The number of nitrogens with one attached hydrogen (secondary N) is 1. The Bertz CT molecular complexity index is 564. The van der Waals surface area contributed by atoms with Crippen LogP contribution in [-0.4, -0.2) is 15.7 Å². The zero-order valence-electron chi connectivity index (χ0n) is 9.14. The van der Waals surface area contributed by atoms with Gasteiger partial charge in [-0.1, -0.05) is 11.6 Å². The Balaban J connectivity index is 2.20. The second-order valence-electron chi connectivity index (χ2n) is 3.53. The maximum absolute atomic E-state index is 11.9. The van der Waals surface area contributed by atoms with Crippen LogP contribution >= 0.6 is 11.6 Å². The van der Waals surface area contributed by atoms with Gasteiger partial charge in [0.2, 0.25) is 0 Å². The predicted octanol–water partition coefficient (Wildman–Crippen LogP) is 1.91. The molecule has 17 heavy (non-hydrogen) atoms. The number of anilines is 2. The Morgan fingerprint density at radius 1 is 1.47 bits per heavy atom. The topological polar surface area (TPSA) is 72.9 Å². The van der Waals surface area contributed by atoms with Crippen LogP contribution in [0.25, 0.3) is 0 Å². The number of carbonyl (C=O) groups excluding carboxylic acids is 1. The van der Waals surface area contributed by atoms with Crippen LogP contribution in [0.15, 0.2) is 30.5 Å². The number of nitrogens with two attached hydrogens (primary N) is 1. The summed E-state index contributed by atoms with van der Waals surface area (Å²) in [5.41, 5.74) is 6.47. The molecule has 1 heterocycles. The minimum absolute atomic E-state index is 0.254. The van der Waals surface area contributed by atoms with Gasteiger partial charge in [-0.05, 0) is 18.2 Å². The number of nitrogens with zero attached hydrogens (tertiary/aromatic N) is 2. The Labute approximate surface area is 103 Å². The SMILES string of the molecule is Cn1nccc1NC(=O)c1ccc(N)c(Cl)c1. The van der Waals surface area contributed by atoms with Gasteiger partial charge in [-0.25, -0.2) is 0 Å². The maximum atomic E-state index is 11.9. The van der Waals surface area contributed by atoms with Crippen LogP contribution in [0, 0.1) is 0 Å². The first-order valence-electron chi connectivity index (χ1n) is 4.92. The molecule has 3 N–H and O–H groups in total. The van der Waals surface area contributed by atoms with Crippen molar-refractivity contribution >= 4 is 29.0 Å². The molecule has 0 aliphatic carbocycles. The first kappa shape index (κ1) is 11.5. The quantitative estimate of drug-likeness (QED) is 0.800. The van der Waals surface area contributed by atoms with Crippen molar-refractivity contribution in [3.63, 3.8) is 0 Å². The molecular weight excluding hydrogens is 240 g/mol. The highest BCUT2D eigenvalue weighted by molar-refractivity contribution is 6.33. The fourth-order valence-corrected chi connectivity index (χ4v) is 1.53. The molecule has 0 saturated heterocycles. The largest absolute Gasteiger partial charge is 0.398 e. The molecular formula is C11H11ClN4O. The highest BCUT2D eigenvalue weighted by Gasteiger charge is 2.09. The molecule has 88 valence electrons. The van der Waals surface area contributed by atoms with Gasteiger partial charge in [0, 0.05) is 18.7 Å². The minimum Gasteiger partial charge on any atom is -0.398 e. The lowest BCUT2D eigenvalue weighted by molar-refractivity contribution is 0.102. The Morgan fingerprint density at radius 2 is 2.24 bits per heavy atom. The lowest BCUT2D eigenvalue weighted by Crippen LogP contribution is -2.14. The lowest BCUT2D eigenvalue weighted by Gasteiger charge is -2.06. The number of benzene rings is 1. The van der Waals surface area contributed by atoms with Crippen molar-refractivity contribution in [3.8, 4) is 0 Å². The van der Waals surface area contributed by atoms with Crippen LogP contribution in [0.5, 0.6) is 0 Å². The number of aryl methyl sites for hydroxylation is 1. The summed E-state index contributed by atoms with van der Waals surface area (Å²) in [5.74, 6) is 0.360. The Hall–Kier alpha value is -2.01. The number of halogens is 1. The van der Waals surface area contributed by atoms with Crippen LogP contribution in [-0.2, 0) is 7.05 Å². The van der Waals surface area contributed by atoms with E-state index in [9.17, 15) is 4.79 Å². The third-order valence-corrected chi connectivity index (χ3v) is 2.65. The lowest BCUT2D eigenvalue weighted by atomic mass is 10.2. The number of amides is 1. The van der Waals surface area contributed by atoms with Gasteiger partial charge in [0.1, 0.15) is 5.82 Å². The van der Waals surface area contributed by atoms with E-state index in [0.717, 1.165) is 0 Å². The zero-order valence-corrected chi connectivity index (χ0v) is 9.90. The molecule has 1 amide bonds. The second kappa shape index (κ2) is 4.47. The molecule has 2 rings (SSSR count). The molecule has 5 nitrogen and oxygen atoms in total. The Morgan fingerprint density at radius 3 is 2.82 bits per heavy atom. The summed E-state index contributed by atoms with van der Waals surface area (Å²) < 4.78 is 1.57. The molecule has 1 aromatic carbocycles. The summed E-state index contributed by atoms with van der Waals surface area (Å²) in [5, 5.41) is 7.03. The summed E-state index contributed by atoms with van der Waals surface area (Å²) >= 11 is 5.85. The molecule has 0 fully saturated rings. The van der Waals surface area contributed by atoms with Gasteiger partial charge < -0.3 is 11.1 Å². The highest BCUT2D eigenvalue weighted by atomic mass is 35.5. The molecule has 0 saturated carbocycles. The molecule has 1 aromatic heterocycles. The molecule has 6 heteroatoms. The monoisotopic (exact) mass is 250 g/mol. The predicted molar refractivity (Wildman–Crippen MR) is 67.0 cm³/mol. The number of hydrogen-bond acceptors (Lipinski definition) is 3. The van der Waals surface area contributed by atoms with Crippen molar-refractivity contribution in [1.82, 2.24) is 9.78 Å². The van der Waals surface area contributed by atoms with E-state index in [1.54, 1.807) is 36.1 Å². The zero-order chi connectivity index (χ0) is 12.4. The van der Waals surface area contributed by atoms with Crippen LogP contribution in [0.3, 0.4) is 0 Å². The fraction of sp³-hybridized carbons (Fsp3) is 0.0909. The van der Waals surface area contributed by atoms with E-state index in [-0.39, 0.29) is 5.91 Å². The van der Waals surface area contributed by atoms with Crippen molar-refractivity contribution in [2.45, 2.75) is 0 Å². The molecule has 0 bridgehead atoms. The van der Waals surface area contributed by atoms with Gasteiger partial charge in [0.25, 0.3) is 5.91 Å². The van der Waals surface area contributed by atoms with E-state index in [0.29, 0.717) is 22.1 Å². The number of rotatable bonds is 2. The summed E-state index contributed by atoms with van der Waals surface area (Å²) in [6.07, 6.45) is 1.60. The van der Waals surface area contributed by atoms with E-state index >= 15 is 0 Å². The van der Waals surface area contributed by atoms with E-state index in [1.165, 1.54) is 6.07 Å². The summed E-state index contributed by atoms with van der Waals surface area (Å²) in [6, 6.07) is 6.45. The molecule has 0 radical (unpaired) electrons. The van der Waals surface area contributed by atoms with Crippen LogP contribution in [0.1, 0.15) is 10.4 Å². The van der Waals surface area contributed by atoms with Crippen molar-refractivity contribution in [2.24, 2.45) is 7.05 Å². The molecule has 0 unspecified atom stereocenters. The van der Waals surface area contributed by atoms with Crippen molar-refractivity contribution in [3.05, 3.63) is 41.0 Å². The van der Waals surface area contributed by atoms with Crippen molar-refractivity contribution in [2.75, 3.05) is 11.1 Å². The van der Waals surface area contributed by atoms with Crippen LogP contribution < -0.4 is 11.1 Å². The first-order valence-corrected chi connectivity index (χ1v) is 5.30. The Kier molecular flexibility index (Phi) is 3.01. The maximum Gasteiger partial charge on any atom is 0.256 e. The van der Waals surface area contributed by atoms with Crippen LogP contribution in [0.2, 0.25) is 5.02 Å². The summed E-state index contributed by atoms with van der Waals surface area (Å²) in [4.78, 5) is 11.9. The number of nitrogen functional groups attached to an aromatic ring is 1. The molecule has 0 atom stereocenters. The first-order chi connectivity index (χ1) is 8.08. The normalized spacial score (nSPS) is 10.2. The highest BCUT2D eigenvalue weighted by Crippen LogP contribution is 2.20. The van der Waals surface area contributed by atoms with E-state index in [1.807, 2.05) is 0 Å². The molecule has 2 aromatic rings. The van der Waals surface area contributed by atoms with E-state index < -0.39 is 0 Å². The third kappa shape index (κ3) is 2.39. The van der Waals surface area contributed by atoms with Crippen molar-refractivity contribution in [1.29, 1.82) is 0 Å². The second-order valence-corrected chi connectivity index (χ2v) is 3.94. The van der Waals surface area contributed by atoms with Gasteiger partial charge in [-0.2, -0.15) is 5.10 Å². The third-order valence-electron chi connectivity index (χ3n) is 2.33. The van der Waals surface area contributed by atoms with Gasteiger partial charge in [0.15, 0.2) is 0 Å². The summed E-state index contributed by atoms with van der Waals surface area (Å²) in [7, 11) is 1.74. The number of aromatic nitrogens is 2. The van der Waals surface area contributed by atoms with Gasteiger partial charge in [-0.3, -0.25) is 9.48 Å². The smallest absolute Gasteiger partial charge is 0.256 e. The average Bonchev–Trinajstić information content (AvgIpc) is 2.68. The molecule has 0 aliphatic rings. The molecule has 0 aliphatic heterocycles. The van der Waals surface area contributed by atoms with Gasteiger partial charge in [0.05, 0.1) is 16.9 Å². The standard InChI is InChI=1S/C11H11ClN4O/c1-16-10(4-5-14-16)15-11(17)7-2-3-9(13)8(12)6-7/h2-6H,13H2,1H3,(H,15,17). The van der Waals surface area contributed by atoms with Crippen LogP contribution in [0.4, 0.5) is 11.5 Å².